The van der Waals surface area contributed by atoms with Gasteiger partial charge in [-0.1, -0.05) is 31.9 Å². The number of alkyl halides is 5. The summed E-state index contributed by atoms with van der Waals surface area (Å²) in [5.41, 5.74) is -1.30. The lowest BCUT2D eigenvalue weighted by atomic mass is 9.76. The molecule has 0 spiro atoms. The van der Waals surface area contributed by atoms with Crippen molar-refractivity contribution >= 4 is 0 Å². The first-order chi connectivity index (χ1) is 20.3. The number of unbranched alkanes of at least 4 members (excludes halogenated alkanes) is 2. The van der Waals surface area contributed by atoms with Crippen molar-refractivity contribution in [3.05, 3.63) is 76.4 Å². The van der Waals surface area contributed by atoms with Crippen LogP contribution in [0.4, 0.5) is 39.5 Å². The van der Waals surface area contributed by atoms with E-state index in [1.807, 2.05) is 6.08 Å². The molecule has 0 saturated heterocycles. The summed E-state index contributed by atoms with van der Waals surface area (Å²) < 4.78 is 130. The number of rotatable bonds is 10. The standard InChI is InChI=1S/C33H37F9O/c1-2-3-4-5-22-16-26(34)30(27(35)17-22)23-12-8-20(9-13-23)6-7-21-10-14-24(15-11-21)33(41,42)43-25-18-28(36)31(29(37)19-25)32(38,39)40/h6-7,16-21,23-24H,2-5,8-15H2,1H3/b7-6+. The van der Waals surface area contributed by atoms with Gasteiger partial charge in [-0.05, 0) is 99.7 Å². The fraction of sp³-hybridized carbons (Fsp3) is 0.576. The topological polar surface area (TPSA) is 9.23 Å². The van der Waals surface area contributed by atoms with Crippen LogP contribution in [0.2, 0.25) is 0 Å². The first kappa shape index (κ1) is 33.2. The molecule has 43 heavy (non-hydrogen) atoms. The number of halogens is 9. The molecule has 2 aliphatic carbocycles. The van der Waals surface area contributed by atoms with Crippen LogP contribution in [0.1, 0.15) is 100 Å². The summed E-state index contributed by atoms with van der Waals surface area (Å²) in [4.78, 5) is 0. The zero-order valence-electron chi connectivity index (χ0n) is 24.1. The highest BCUT2D eigenvalue weighted by Gasteiger charge is 2.45. The number of benzene rings is 2. The Kier molecular flexibility index (Phi) is 10.8. The maximum Gasteiger partial charge on any atom is 0.422 e. The highest BCUT2D eigenvalue weighted by molar-refractivity contribution is 5.33. The molecule has 2 aromatic carbocycles. The van der Waals surface area contributed by atoms with Crippen molar-refractivity contribution in [1.82, 2.24) is 0 Å². The monoisotopic (exact) mass is 620 g/mol. The summed E-state index contributed by atoms with van der Waals surface area (Å²) in [6, 6.07) is 3.17. The Morgan fingerprint density at radius 2 is 1.21 bits per heavy atom. The first-order valence-electron chi connectivity index (χ1n) is 15.1. The molecule has 0 aromatic heterocycles. The minimum absolute atomic E-state index is 0.0425. The Bertz CT molecular complexity index is 1210. The zero-order chi connectivity index (χ0) is 31.4. The molecule has 2 fully saturated rings. The Morgan fingerprint density at radius 1 is 0.698 bits per heavy atom. The predicted octanol–water partition coefficient (Wildman–Crippen LogP) is 11.3. The van der Waals surface area contributed by atoms with Gasteiger partial charge in [-0.3, -0.25) is 0 Å². The van der Waals surface area contributed by atoms with Gasteiger partial charge in [0.15, 0.2) is 0 Å². The van der Waals surface area contributed by atoms with Gasteiger partial charge in [-0.15, -0.1) is 0 Å². The van der Waals surface area contributed by atoms with E-state index in [1.165, 1.54) is 12.1 Å². The summed E-state index contributed by atoms with van der Waals surface area (Å²) in [6.45, 7) is 2.08. The third kappa shape index (κ3) is 8.50. The molecule has 0 bridgehead atoms. The predicted molar refractivity (Wildman–Crippen MR) is 146 cm³/mol. The maximum absolute atomic E-state index is 14.8. The van der Waals surface area contributed by atoms with Gasteiger partial charge in [-0.25, -0.2) is 17.6 Å². The van der Waals surface area contributed by atoms with Crippen molar-refractivity contribution in [2.24, 2.45) is 17.8 Å². The van der Waals surface area contributed by atoms with Crippen LogP contribution in [0, 0.1) is 41.0 Å². The summed E-state index contributed by atoms with van der Waals surface area (Å²) in [5.74, 6) is -7.17. The van der Waals surface area contributed by atoms with E-state index in [4.69, 9.17) is 0 Å². The van der Waals surface area contributed by atoms with Gasteiger partial charge < -0.3 is 4.74 Å². The molecule has 0 amide bonds. The highest BCUT2D eigenvalue weighted by atomic mass is 19.4. The third-order valence-electron chi connectivity index (χ3n) is 8.84. The van der Waals surface area contributed by atoms with Gasteiger partial charge in [-0.2, -0.15) is 22.0 Å². The molecule has 2 saturated carbocycles. The molecule has 0 atom stereocenters. The van der Waals surface area contributed by atoms with Crippen LogP contribution in [0.3, 0.4) is 0 Å². The average molecular weight is 621 g/mol. The van der Waals surface area contributed by atoms with Gasteiger partial charge in [0.2, 0.25) is 0 Å². The van der Waals surface area contributed by atoms with Crippen molar-refractivity contribution in [2.75, 3.05) is 0 Å². The first-order valence-corrected chi connectivity index (χ1v) is 15.1. The van der Waals surface area contributed by atoms with Crippen LogP contribution >= 0.6 is 0 Å². The third-order valence-corrected chi connectivity index (χ3v) is 8.84. The van der Waals surface area contributed by atoms with Crippen molar-refractivity contribution in [3.63, 3.8) is 0 Å². The lowest BCUT2D eigenvalue weighted by Crippen LogP contribution is -2.37. The maximum atomic E-state index is 14.8. The molecule has 2 aromatic rings. The molecular formula is C33H37F9O. The van der Waals surface area contributed by atoms with Crippen molar-refractivity contribution in [1.29, 1.82) is 0 Å². The molecule has 0 heterocycles. The van der Waals surface area contributed by atoms with Crippen LogP contribution in [-0.4, -0.2) is 6.11 Å². The van der Waals surface area contributed by atoms with Crippen LogP contribution in [0.5, 0.6) is 5.75 Å². The van der Waals surface area contributed by atoms with Gasteiger partial charge in [0, 0.05) is 17.7 Å². The second-order valence-electron chi connectivity index (χ2n) is 12.0. The number of hydrogen-bond donors (Lipinski definition) is 0. The van der Waals surface area contributed by atoms with Crippen molar-refractivity contribution in [2.45, 2.75) is 102 Å². The number of ether oxygens (including phenoxy) is 1. The Labute approximate surface area is 246 Å². The number of aryl methyl sites for hydroxylation is 1. The van der Waals surface area contributed by atoms with Gasteiger partial charge in [0.1, 0.15) is 34.6 Å². The van der Waals surface area contributed by atoms with Crippen molar-refractivity contribution in [3.8, 4) is 5.75 Å². The van der Waals surface area contributed by atoms with E-state index < -0.39 is 52.8 Å². The quantitative estimate of drug-likeness (QED) is 0.146. The molecule has 0 N–H and O–H groups in total. The summed E-state index contributed by atoms with van der Waals surface area (Å²) >= 11 is 0. The smallest absolute Gasteiger partial charge is 0.422 e. The number of allylic oxidation sites excluding steroid dienone is 2. The van der Waals surface area contributed by atoms with Crippen LogP contribution in [0.25, 0.3) is 0 Å². The summed E-state index contributed by atoms with van der Waals surface area (Å²) in [5, 5.41) is 0. The van der Waals surface area contributed by atoms with Crippen LogP contribution < -0.4 is 4.74 Å². The molecule has 0 unspecified atom stereocenters. The molecule has 238 valence electrons. The highest BCUT2D eigenvalue weighted by Crippen LogP contribution is 2.43. The van der Waals surface area contributed by atoms with Crippen LogP contribution in [-0.2, 0) is 12.6 Å². The second kappa shape index (κ2) is 14.0. The Balaban J connectivity index is 1.26. The minimum Gasteiger partial charge on any atom is -0.432 e. The normalized spacial score (nSPS) is 23.6. The largest absolute Gasteiger partial charge is 0.432 e. The van der Waals surface area contributed by atoms with Gasteiger partial charge >= 0.3 is 12.3 Å². The van der Waals surface area contributed by atoms with E-state index in [0.29, 0.717) is 37.7 Å². The summed E-state index contributed by atoms with van der Waals surface area (Å²) in [6.07, 6.45) is 2.35. The van der Waals surface area contributed by atoms with Gasteiger partial charge in [0.05, 0.1) is 5.92 Å². The van der Waals surface area contributed by atoms with E-state index in [1.54, 1.807) is 0 Å². The lowest BCUT2D eigenvalue weighted by molar-refractivity contribution is -0.223. The molecule has 0 aliphatic heterocycles. The van der Waals surface area contributed by atoms with Crippen molar-refractivity contribution < 1.29 is 44.3 Å². The van der Waals surface area contributed by atoms with E-state index >= 15 is 0 Å². The van der Waals surface area contributed by atoms with E-state index in [2.05, 4.69) is 17.7 Å². The summed E-state index contributed by atoms with van der Waals surface area (Å²) in [7, 11) is 0. The Morgan fingerprint density at radius 3 is 1.70 bits per heavy atom. The lowest BCUT2D eigenvalue weighted by Gasteiger charge is -2.33. The second-order valence-corrected chi connectivity index (χ2v) is 12.0. The van der Waals surface area contributed by atoms with Crippen LogP contribution in [0.15, 0.2) is 36.4 Å². The SMILES string of the molecule is CCCCCc1cc(F)c(C2CCC(/C=C/C3CCC(C(F)(F)Oc4cc(F)c(C(F)(F)F)c(F)c4)CC3)CC2)c(F)c1. The minimum atomic E-state index is -5.31. The van der Waals surface area contributed by atoms with Gasteiger partial charge in [0.25, 0.3) is 0 Å². The molecule has 4 rings (SSSR count). The van der Waals surface area contributed by atoms with E-state index in [-0.39, 0.29) is 48.3 Å². The molecule has 1 nitrogen and oxygen atoms in total. The number of hydrogen-bond acceptors (Lipinski definition) is 1. The molecular weight excluding hydrogens is 583 g/mol. The fourth-order valence-electron chi connectivity index (χ4n) is 6.43. The van der Waals surface area contributed by atoms with E-state index in [9.17, 15) is 39.5 Å². The molecule has 10 heteroatoms. The average Bonchev–Trinajstić information content (AvgIpc) is 2.91. The van der Waals surface area contributed by atoms with E-state index in [0.717, 1.165) is 32.1 Å². The fourth-order valence-corrected chi connectivity index (χ4v) is 6.43. The molecule has 0 radical (unpaired) electrons. The zero-order valence-corrected chi connectivity index (χ0v) is 24.1. The molecule has 2 aliphatic rings. The Hall–Kier alpha value is -2.65.